The van der Waals surface area contributed by atoms with E-state index in [2.05, 4.69) is 23.3 Å². The molecule has 1 heterocycles. The molecule has 0 radical (unpaired) electrons. The fraction of sp³-hybridized carbons (Fsp3) is 0.444. The number of nitrogens with zero attached hydrogens (tertiary/aromatic N) is 2. The number of esters is 1. The summed E-state index contributed by atoms with van der Waals surface area (Å²) >= 11 is 0. The molecule has 0 aliphatic heterocycles. The van der Waals surface area contributed by atoms with Gasteiger partial charge in [-0.05, 0) is 44.9 Å². The lowest BCUT2D eigenvalue weighted by Crippen LogP contribution is -2.14. The van der Waals surface area contributed by atoms with Gasteiger partial charge in [0.2, 0.25) is 0 Å². The predicted molar refractivity (Wildman–Crippen MR) is 135 cm³/mol. The summed E-state index contributed by atoms with van der Waals surface area (Å²) in [6.07, 6.45) is 4.01. The van der Waals surface area contributed by atoms with Gasteiger partial charge >= 0.3 is 5.97 Å². The van der Waals surface area contributed by atoms with Crippen molar-refractivity contribution in [1.82, 2.24) is 9.97 Å². The van der Waals surface area contributed by atoms with Crippen LogP contribution in [0.15, 0.2) is 42.5 Å². The minimum atomic E-state index is -0.209. The number of methoxy groups -OCH3 is 1. The smallest absolute Gasteiger partial charge is 0.305 e. The molecule has 1 N–H and O–H groups in total. The van der Waals surface area contributed by atoms with Gasteiger partial charge in [-0.1, -0.05) is 38.0 Å². The van der Waals surface area contributed by atoms with Gasteiger partial charge in [0, 0.05) is 23.6 Å². The Bertz CT molecular complexity index is 1090. The van der Waals surface area contributed by atoms with Gasteiger partial charge in [-0.25, -0.2) is 9.97 Å². The second-order valence-corrected chi connectivity index (χ2v) is 8.14. The number of nitrogens with one attached hydrogen (secondary N) is 1. The highest BCUT2D eigenvalue weighted by Gasteiger charge is 2.18. The van der Waals surface area contributed by atoms with Crippen LogP contribution in [0.4, 0.5) is 5.69 Å². The van der Waals surface area contributed by atoms with Crippen molar-refractivity contribution in [2.24, 2.45) is 0 Å². The quantitative estimate of drug-likeness (QED) is 0.244. The average Bonchev–Trinajstić information content (AvgIpc) is 2.84. The van der Waals surface area contributed by atoms with E-state index in [0.717, 1.165) is 47.4 Å². The zero-order valence-corrected chi connectivity index (χ0v) is 20.6. The number of para-hydroxylation sites is 1. The summed E-state index contributed by atoms with van der Waals surface area (Å²) in [6, 6.07) is 14.0. The van der Waals surface area contributed by atoms with Gasteiger partial charge in [-0.3, -0.25) is 4.79 Å². The van der Waals surface area contributed by atoms with E-state index in [1.807, 2.05) is 43.3 Å². The van der Waals surface area contributed by atoms with Crippen LogP contribution in [0.5, 0.6) is 11.5 Å². The van der Waals surface area contributed by atoms with Crippen LogP contribution in [-0.2, 0) is 9.53 Å². The minimum absolute atomic E-state index is 0.0246. The van der Waals surface area contributed by atoms with Crippen LogP contribution in [0.3, 0.4) is 0 Å². The van der Waals surface area contributed by atoms with Crippen molar-refractivity contribution in [3.8, 4) is 11.5 Å². The second kappa shape index (κ2) is 12.8. The number of carbonyl (C=O) groups excluding carboxylic acids is 1. The number of aryl methyl sites for hydroxylation is 1. The Morgan fingerprint density at radius 2 is 1.88 bits per heavy atom. The molecule has 0 bridgehead atoms. The molecule has 7 heteroatoms. The van der Waals surface area contributed by atoms with Crippen LogP contribution >= 0.6 is 0 Å². The summed E-state index contributed by atoms with van der Waals surface area (Å²) < 4.78 is 16.4. The number of carbonyl (C=O) groups is 1. The van der Waals surface area contributed by atoms with Gasteiger partial charge in [0.1, 0.15) is 5.82 Å². The molecule has 1 aromatic heterocycles. The molecule has 34 heavy (non-hydrogen) atoms. The zero-order chi connectivity index (χ0) is 24.3. The number of aromatic nitrogens is 2. The van der Waals surface area contributed by atoms with Crippen LogP contribution < -0.4 is 14.8 Å². The van der Waals surface area contributed by atoms with Crippen LogP contribution in [-0.4, -0.2) is 36.3 Å². The van der Waals surface area contributed by atoms with Gasteiger partial charge < -0.3 is 19.5 Å². The standard InChI is InChI=1S/C27H35N3O4/c1-5-7-12-23(27-21-11-8-9-13-22(21)28-19(3)29-27)30-20-15-16-24(32-4)25(18-20)34-17-10-14-26(31)33-6-2/h8-9,11,13,15-16,18,23,30H,5-7,10,12,14,17H2,1-4H3. The Morgan fingerprint density at radius 1 is 1.06 bits per heavy atom. The van der Waals surface area contributed by atoms with Crippen LogP contribution in [0.1, 0.15) is 63.5 Å². The number of anilines is 1. The highest BCUT2D eigenvalue weighted by Crippen LogP contribution is 2.34. The molecule has 182 valence electrons. The number of unbranched alkanes of at least 4 members (excludes halogenated alkanes) is 1. The van der Waals surface area contributed by atoms with Crippen molar-refractivity contribution in [2.75, 3.05) is 25.6 Å². The molecule has 0 saturated carbocycles. The lowest BCUT2D eigenvalue weighted by atomic mass is 10.0. The SMILES string of the molecule is CCCCC(Nc1ccc(OC)c(OCCCC(=O)OCC)c1)c1nc(C)nc2ccccc12. The molecular weight excluding hydrogens is 430 g/mol. The van der Waals surface area contributed by atoms with Crippen molar-refractivity contribution in [3.05, 3.63) is 54.0 Å². The van der Waals surface area contributed by atoms with Crippen molar-refractivity contribution in [1.29, 1.82) is 0 Å². The number of benzene rings is 2. The molecule has 0 aliphatic rings. The van der Waals surface area contributed by atoms with Crippen LogP contribution in [0.2, 0.25) is 0 Å². The molecule has 0 amide bonds. The maximum Gasteiger partial charge on any atom is 0.305 e. The lowest BCUT2D eigenvalue weighted by Gasteiger charge is -2.22. The third kappa shape index (κ3) is 6.83. The Kier molecular flexibility index (Phi) is 9.50. The maximum absolute atomic E-state index is 11.6. The highest BCUT2D eigenvalue weighted by molar-refractivity contribution is 5.81. The average molecular weight is 466 g/mol. The van der Waals surface area contributed by atoms with Crippen LogP contribution in [0.25, 0.3) is 10.9 Å². The van der Waals surface area contributed by atoms with Gasteiger partial charge in [0.25, 0.3) is 0 Å². The number of fused-ring (bicyclic) bond motifs is 1. The van der Waals surface area contributed by atoms with Crippen molar-refractivity contribution in [2.45, 2.75) is 58.9 Å². The largest absolute Gasteiger partial charge is 0.493 e. The summed E-state index contributed by atoms with van der Waals surface area (Å²) in [5.41, 5.74) is 2.88. The first kappa shape index (κ1) is 25.3. The monoisotopic (exact) mass is 465 g/mol. The zero-order valence-electron chi connectivity index (χ0n) is 20.6. The topological polar surface area (TPSA) is 82.6 Å². The van der Waals surface area contributed by atoms with E-state index < -0.39 is 0 Å². The Morgan fingerprint density at radius 3 is 2.65 bits per heavy atom. The molecule has 7 nitrogen and oxygen atoms in total. The molecule has 1 unspecified atom stereocenters. The summed E-state index contributed by atoms with van der Waals surface area (Å²) in [7, 11) is 1.62. The first-order valence-corrected chi connectivity index (χ1v) is 12.0. The summed E-state index contributed by atoms with van der Waals surface area (Å²) in [5, 5.41) is 4.73. The molecule has 3 aromatic rings. The Labute approximate surface area is 201 Å². The fourth-order valence-corrected chi connectivity index (χ4v) is 3.88. The molecule has 1 atom stereocenters. The van der Waals surface area contributed by atoms with E-state index >= 15 is 0 Å². The first-order chi connectivity index (χ1) is 16.5. The van der Waals surface area contributed by atoms with Crippen LogP contribution in [0, 0.1) is 6.92 Å². The number of ether oxygens (including phenoxy) is 3. The molecule has 0 spiro atoms. The summed E-state index contributed by atoms with van der Waals surface area (Å²) in [5.74, 6) is 1.83. The maximum atomic E-state index is 11.6. The fourth-order valence-electron chi connectivity index (χ4n) is 3.88. The number of hydrogen-bond acceptors (Lipinski definition) is 7. The lowest BCUT2D eigenvalue weighted by molar-refractivity contribution is -0.143. The molecular formula is C27H35N3O4. The van der Waals surface area contributed by atoms with Gasteiger partial charge in [-0.2, -0.15) is 0 Å². The number of rotatable bonds is 13. The van der Waals surface area contributed by atoms with E-state index in [9.17, 15) is 4.79 Å². The first-order valence-electron chi connectivity index (χ1n) is 12.0. The molecule has 3 rings (SSSR count). The van der Waals surface area contributed by atoms with E-state index in [4.69, 9.17) is 19.2 Å². The van der Waals surface area contributed by atoms with E-state index in [-0.39, 0.29) is 12.0 Å². The second-order valence-electron chi connectivity index (χ2n) is 8.14. The van der Waals surface area contributed by atoms with E-state index in [0.29, 0.717) is 37.6 Å². The van der Waals surface area contributed by atoms with Crippen molar-refractivity contribution in [3.63, 3.8) is 0 Å². The van der Waals surface area contributed by atoms with E-state index in [1.54, 1.807) is 14.0 Å². The van der Waals surface area contributed by atoms with Crippen molar-refractivity contribution >= 4 is 22.6 Å². The molecule has 0 aliphatic carbocycles. The number of hydrogen-bond donors (Lipinski definition) is 1. The van der Waals surface area contributed by atoms with Crippen molar-refractivity contribution < 1.29 is 19.0 Å². The van der Waals surface area contributed by atoms with Gasteiger partial charge in [0.05, 0.1) is 37.6 Å². The Balaban J connectivity index is 1.81. The highest BCUT2D eigenvalue weighted by atomic mass is 16.5. The van der Waals surface area contributed by atoms with Gasteiger partial charge in [0.15, 0.2) is 11.5 Å². The molecule has 2 aromatic carbocycles. The van der Waals surface area contributed by atoms with Gasteiger partial charge in [-0.15, -0.1) is 0 Å². The van der Waals surface area contributed by atoms with E-state index in [1.165, 1.54) is 0 Å². The minimum Gasteiger partial charge on any atom is -0.493 e. The Hall–Kier alpha value is -3.35. The molecule has 0 fully saturated rings. The normalized spacial score (nSPS) is 11.8. The predicted octanol–water partition coefficient (Wildman–Crippen LogP) is 6.01. The summed E-state index contributed by atoms with van der Waals surface area (Å²) in [4.78, 5) is 21.0. The molecule has 0 saturated heterocycles. The summed E-state index contributed by atoms with van der Waals surface area (Å²) in [6.45, 7) is 6.71. The third-order valence-electron chi connectivity index (χ3n) is 5.51. The third-order valence-corrected chi connectivity index (χ3v) is 5.51.